The van der Waals surface area contributed by atoms with E-state index in [1.54, 1.807) is 0 Å². The summed E-state index contributed by atoms with van der Waals surface area (Å²) in [6.07, 6.45) is 3.49. The van der Waals surface area contributed by atoms with Crippen LogP contribution in [-0.4, -0.2) is 37.8 Å². The van der Waals surface area contributed by atoms with Gasteiger partial charge in [0.25, 0.3) is 0 Å². The van der Waals surface area contributed by atoms with E-state index in [0.29, 0.717) is 25.3 Å². The Balaban J connectivity index is 0.00000176. The first-order valence-corrected chi connectivity index (χ1v) is 7.13. The Labute approximate surface area is 134 Å². The molecule has 0 aromatic heterocycles. The van der Waals surface area contributed by atoms with Gasteiger partial charge in [-0.05, 0) is 19.5 Å². The van der Waals surface area contributed by atoms with Crippen LogP contribution in [0.4, 0.5) is 8.78 Å². The lowest BCUT2D eigenvalue weighted by molar-refractivity contribution is 0.146. The Morgan fingerprint density at radius 2 is 2.23 bits per heavy atom. The maximum Gasteiger partial charge on any atom is 0.168 e. The van der Waals surface area contributed by atoms with Gasteiger partial charge in [0.1, 0.15) is 12.4 Å². The highest BCUT2D eigenvalue weighted by molar-refractivity contribution is 5.85. The molecular formula is C15H20ClF2N3O. The van der Waals surface area contributed by atoms with Gasteiger partial charge in [0.2, 0.25) is 0 Å². The standard InChI is InChI=1S/C15H19F2N3O.ClH/c1-18-3-2-12-7-19-9-20(12)13-5-10-4-11(16)6-14(17)15(10)21-8-13;/h4,6-7,13,18-19H,2-3,5,8-9H2,1H3;1H/t13-;/m1./s1. The summed E-state index contributed by atoms with van der Waals surface area (Å²) >= 11 is 0. The van der Waals surface area contributed by atoms with Crippen molar-refractivity contribution in [3.8, 4) is 5.75 Å². The minimum Gasteiger partial charge on any atom is -0.488 e. The molecule has 0 aliphatic carbocycles. The van der Waals surface area contributed by atoms with Gasteiger partial charge in [-0.15, -0.1) is 12.4 Å². The molecule has 4 nitrogen and oxygen atoms in total. The minimum absolute atomic E-state index is 0. The molecule has 0 fully saturated rings. The van der Waals surface area contributed by atoms with E-state index in [1.807, 2.05) is 13.2 Å². The Kier molecular flexibility index (Phi) is 5.47. The van der Waals surface area contributed by atoms with E-state index >= 15 is 0 Å². The maximum atomic E-state index is 13.7. The molecule has 1 atom stereocenters. The van der Waals surface area contributed by atoms with Gasteiger partial charge in [-0.25, -0.2) is 8.78 Å². The number of hydrogen-bond acceptors (Lipinski definition) is 4. The van der Waals surface area contributed by atoms with Crippen molar-refractivity contribution in [2.24, 2.45) is 0 Å². The molecule has 3 rings (SSSR count). The van der Waals surface area contributed by atoms with Crippen LogP contribution in [0.25, 0.3) is 0 Å². The van der Waals surface area contributed by atoms with Crippen LogP contribution in [0.1, 0.15) is 12.0 Å². The summed E-state index contributed by atoms with van der Waals surface area (Å²) in [5.74, 6) is -0.976. The first-order chi connectivity index (χ1) is 10.2. The largest absolute Gasteiger partial charge is 0.488 e. The quantitative estimate of drug-likeness (QED) is 0.885. The van der Waals surface area contributed by atoms with E-state index in [9.17, 15) is 8.78 Å². The lowest BCUT2D eigenvalue weighted by atomic mass is 10.0. The number of nitrogens with one attached hydrogen (secondary N) is 2. The van der Waals surface area contributed by atoms with E-state index in [-0.39, 0.29) is 24.2 Å². The second-order valence-corrected chi connectivity index (χ2v) is 5.37. The molecule has 1 aromatic carbocycles. The van der Waals surface area contributed by atoms with Crippen molar-refractivity contribution in [1.82, 2.24) is 15.5 Å². The molecule has 0 bridgehead atoms. The third kappa shape index (κ3) is 3.28. The van der Waals surface area contributed by atoms with Crippen molar-refractivity contribution < 1.29 is 13.5 Å². The highest BCUT2D eigenvalue weighted by Gasteiger charge is 2.30. The maximum absolute atomic E-state index is 13.7. The molecule has 0 radical (unpaired) electrons. The van der Waals surface area contributed by atoms with Gasteiger partial charge in [0.15, 0.2) is 11.6 Å². The zero-order valence-corrected chi connectivity index (χ0v) is 13.2. The molecule has 7 heteroatoms. The molecule has 2 aliphatic heterocycles. The lowest BCUT2D eigenvalue weighted by Gasteiger charge is -2.35. The smallest absolute Gasteiger partial charge is 0.168 e. The zero-order valence-electron chi connectivity index (χ0n) is 12.4. The van der Waals surface area contributed by atoms with Crippen molar-refractivity contribution in [3.63, 3.8) is 0 Å². The number of rotatable bonds is 4. The summed E-state index contributed by atoms with van der Waals surface area (Å²) in [6.45, 7) is 2.01. The van der Waals surface area contributed by atoms with Crippen molar-refractivity contribution in [2.75, 3.05) is 26.9 Å². The van der Waals surface area contributed by atoms with Crippen LogP contribution in [-0.2, 0) is 6.42 Å². The van der Waals surface area contributed by atoms with E-state index in [1.165, 1.54) is 11.8 Å². The molecule has 1 aromatic rings. The average Bonchev–Trinajstić information content (AvgIpc) is 2.92. The molecule has 0 saturated heterocycles. The molecule has 122 valence electrons. The van der Waals surface area contributed by atoms with Gasteiger partial charge in [0, 0.05) is 36.5 Å². The molecule has 2 aliphatic rings. The monoisotopic (exact) mass is 331 g/mol. The molecular weight excluding hydrogens is 312 g/mol. The normalized spacial score (nSPS) is 19.7. The first-order valence-electron chi connectivity index (χ1n) is 7.13. The average molecular weight is 332 g/mol. The summed E-state index contributed by atoms with van der Waals surface area (Å²) in [4.78, 5) is 2.21. The second kappa shape index (κ2) is 7.15. The van der Waals surface area contributed by atoms with Crippen LogP contribution in [0.15, 0.2) is 24.0 Å². The number of ether oxygens (including phenoxy) is 1. The van der Waals surface area contributed by atoms with E-state index < -0.39 is 11.6 Å². The van der Waals surface area contributed by atoms with E-state index in [0.717, 1.165) is 19.0 Å². The Bertz CT molecular complexity index is 568. The summed E-state index contributed by atoms with van der Waals surface area (Å²) < 4.78 is 32.6. The third-order valence-electron chi connectivity index (χ3n) is 3.93. The van der Waals surface area contributed by atoms with Crippen molar-refractivity contribution >= 4 is 12.4 Å². The Hall–Kier alpha value is -1.53. The zero-order chi connectivity index (χ0) is 14.8. The summed E-state index contributed by atoms with van der Waals surface area (Å²) in [7, 11) is 1.92. The Morgan fingerprint density at radius 3 is 3.00 bits per heavy atom. The number of benzene rings is 1. The molecule has 0 saturated carbocycles. The van der Waals surface area contributed by atoms with Crippen LogP contribution in [0.5, 0.6) is 5.75 Å². The fourth-order valence-electron chi connectivity index (χ4n) is 2.90. The van der Waals surface area contributed by atoms with Crippen LogP contribution in [0, 0.1) is 11.6 Å². The highest BCUT2D eigenvalue weighted by Crippen LogP contribution is 2.32. The van der Waals surface area contributed by atoms with Gasteiger partial charge in [-0.2, -0.15) is 0 Å². The molecule has 0 unspecified atom stereocenters. The lowest BCUT2D eigenvalue weighted by Crippen LogP contribution is -2.43. The Morgan fingerprint density at radius 1 is 1.41 bits per heavy atom. The number of hydrogen-bond donors (Lipinski definition) is 2. The van der Waals surface area contributed by atoms with Crippen LogP contribution >= 0.6 is 12.4 Å². The van der Waals surface area contributed by atoms with Crippen molar-refractivity contribution in [2.45, 2.75) is 18.9 Å². The molecule has 2 heterocycles. The fourth-order valence-corrected chi connectivity index (χ4v) is 2.90. The van der Waals surface area contributed by atoms with Crippen LogP contribution in [0.2, 0.25) is 0 Å². The summed E-state index contributed by atoms with van der Waals surface area (Å²) in [5, 5.41) is 6.33. The summed E-state index contributed by atoms with van der Waals surface area (Å²) in [5.41, 5.74) is 1.79. The van der Waals surface area contributed by atoms with Gasteiger partial charge in [0.05, 0.1) is 12.7 Å². The van der Waals surface area contributed by atoms with Crippen molar-refractivity contribution in [3.05, 3.63) is 41.2 Å². The predicted octanol–water partition coefficient (Wildman–Crippen LogP) is 2.00. The van der Waals surface area contributed by atoms with E-state index in [2.05, 4.69) is 15.5 Å². The van der Waals surface area contributed by atoms with E-state index in [4.69, 9.17) is 4.74 Å². The molecule has 2 N–H and O–H groups in total. The van der Waals surface area contributed by atoms with Gasteiger partial charge < -0.3 is 20.3 Å². The highest BCUT2D eigenvalue weighted by atomic mass is 35.5. The van der Waals surface area contributed by atoms with Crippen LogP contribution < -0.4 is 15.4 Å². The summed E-state index contributed by atoms with van der Waals surface area (Å²) in [6, 6.07) is 2.33. The van der Waals surface area contributed by atoms with Gasteiger partial charge in [-0.3, -0.25) is 0 Å². The minimum atomic E-state index is -0.617. The van der Waals surface area contributed by atoms with Gasteiger partial charge >= 0.3 is 0 Å². The molecule has 22 heavy (non-hydrogen) atoms. The predicted molar refractivity (Wildman–Crippen MR) is 83.1 cm³/mol. The first kappa shape index (κ1) is 16.8. The fraction of sp³-hybridized carbons (Fsp3) is 0.467. The van der Waals surface area contributed by atoms with Crippen LogP contribution in [0.3, 0.4) is 0 Å². The van der Waals surface area contributed by atoms with Crippen molar-refractivity contribution in [1.29, 1.82) is 0 Å². The number of fused-ring (bicyclic) bond motifs is 1. The topological polar surface area (TPSA) is 36.5 Å². The number of nitrogens with zero attached hydrogens (tertiary/aromatic N) is 1. The molecule has 0 spiro atoms. The van der Waals surface area contributed by atoms with Gasteiger partial charge in [-0.1, -0.05) is 0 Å². The number of halogens is 3. The second-order valence-electron chi connectivity index (χ2n) is 5.37. The molecule has 0 amide bonds. The third-order valence-corrected chi connectivity index (χ3v) is 3.93. The SMILES string of the molecule is CNCCC1=CNCN1[C@H]1COc2c(F)cc(F)cc2C1.Cl.